The third-order valence-electron chi connectivity index (χ3n) is 5.45. The molecule has 1 aromatic heterocycles. The Labute approximate surface area is 145 Å². The van der Waals surface area contributed by atoms with Crippen LogP contribution in [0.2, 0.25) is 0 Å². The molecule has 0 aliphatic heterocycles. The monoisotopic (exact) mass is 332 g/mol. The summed E-state index contributed by atoms with van der Waals surface area (Å²) < 4.78 is 2.02. The molecule has 0 aromatic carbocycles. The molecule has 6 heteroatoms. The molecule has 3 rings (SSSR count). The van der Waals surface area contributed by atoms with Gasteiger partial charge in [-0.3, -0.25) is 0 Å². The number of rotatable bonds is 4. The first-order valence-corrected chi connectivity index (χ1v) is 9.65. The summed E-state index contributed by atoms with van der Waals surface area (Å²) in [6.07, 6.45) is 13.1. The fraction of sp³-hybridized carbons (Fsp3) is 0.833. The van der Waals surface area contributed by atoms with Gasteiger partial charge >= 0.3 is 0 Å². The molecule has 2 fully saturated rings. The Morgan fingerprint density at radius 3 is 1.96 bits per heavy atom. The number of nitrogens with zero attached hydrogens (tertiary/aromatic N) is 4. The van der Waals surface area contributed by atoms with Crippen LogP contribution < -0.4 is 10.6 Å². The van der Waals surface area contributed by atoms with Crippen molar-refractivity contribution < 1.29 is 0 Å². The molecule has 0 radical (unpaired) electrons. The third-order valence-corrected chi connectivity index (χ3v) is 5.45. The molecule has 0 bridgehead atoms. The van der Waals surface area contributed by atoms with Gasteiger partial charge in [0.2, 0.25) is 0 Å². The zero-order chi connectivity index (χ0) is 16.8. The number of aliphatic imine (C=N–C) groups is 1. The van der Waals surface area contributed by atoms with Gasteiger partial charge in [-0.15, -0.1) is 10.2 Å². The lowest BCUT2D eigenvalue weighted by atomic mass is 9.95. The SMILES string of the molecule is Cc1nnc(CN=C(NC2CCCCC2)NC2CCCCC2)n1C. The minimum atomic E-state index is 0.565. The second-order valence-electron chi connectivity index (χ2n) is 7.35. The fourth-order valence-electron chi connectivity index (χ4n) is 3.75. The third kappa shape index (κ3) is 4.71. The van der Waals surface area contributed by atoms with Crippen LogP contribution in [-0.4, -0.2) is 32.8 Å². The highest BCUT2D eigenvalue weighted by molar-refractivity contribution is 5.80. The highest BCUT2D eigenvalue weighted by Gasteiger charge is 2.19. The topological polar surface area (TPSA) is 67.1 Å². The van der Waals surface area contributed by atoms with Gasteiger partial charge in [0, 0.05) is 19.1 Å². The number of aromatic nitrogens is 3. The Hall–Kier alpha value is -1.59. The van der Waals surface area contributed by atoms with Crippen LogP contribution in [0.5, 0.6) is 0 Å². The molecule has 134 valence electrons. The molecule has 0 spiro atoms. The van der Waals surface area contributed by atoms with E-state index in [1.807, 2.05) is 18.5 Å². The Balaban J connectivity index is 1.64. The van der Waals surface area contributed by atoms with Gasteiger partial charge in [-0.1, -0.05) is 38.5 Å². The summed E-state index contributed by atoms with van der Waals surface area (Å²) in [7, 11) is 2.00. The van der Waals surface area contributed by atoms with Crippen molar-refractivity contribution in [3.63, 3.8) is 0 Å². The van der Waals surface area contributed by atoms with Crippen molar-refractivity contribution in [2.45, 2.75) is 89.8 Å². The largest absolute Gasteiger partial charge is 0.354 e. The van der Waals surface area contributed by atoms with Crippen molar-refractivity contribution in [1.29, 1.82) is 0 Å². The normalized spacial score (nSPS) is 19.9. The van der Waals surface area contributed by atoms with E-state index in [0.717, 1.165) is 17.6 Å². The van der Waals surface area contributed by atoms with Crippen molar-refractivity contribution in [2.24, 2.45) is 12.0 Å². The molecule has 2 aliphatic rings. The predicted octanol–water partition coefficient (Wildman–Crippen LogP) is 2.82. The molecule has 2 aliphatic carbocycles. The molecule has 1 heterocycles. The van der Waals surface area contributed by atoms with E-state index >= 15 is 0 Å². The van der Waals surface area contributed by atoms with Crippen LogP contribution in [0.25, 0.3) is 0 Å². The van der Waals surface area contributed by atoms with Crippen molar-refractivity contribution >= 4 is 5.96 Å². The molecule has 2 N–H and O–H groups in total. The standard InChI is InChI=1S/C18H32N6/c1-14-22-23-17(24(14)2)13-19-18(20-15-9-5-3-6-10-15)21-16-11-7-4-8-12-16/h15-16H,3-13H2,1-2H3,(H2,19,20,21). The molecule has 6 nitrogen and oxygen atoms in total. The van der Waals surface area contributed by atoms with Crippen LogP contribution in [0.3, 0.4) is 0 Å². The lowest BCUT2D eigenvalue weighted by Gasteiger charge is -2.29. The first-order valence-electron chi connectivity index (χ1n) is 9.65. The van der Waals surface area contributed by atoms with E-state index in [9.17, 15) is 0 Å². The lowest BCUT2D eigenvalue weighted by Crippen LogP contribution is -2.48. The van der Waals surface area contributed by atoms with Crippen LogP contribution in [0.4, 0.5) is 0 Å². The van der Waals surface area contributed by atoms with Crippen molar-refractivity contribution in [2.75, 3.05) is 0 Å². The second-order valence-corrected chi connectivity index (χ2v) is 7.35. The quantitative estimate of drug-likeness (QED) is 0.657. The van der Waals surface area contributed by atoms with Crippen LogP contribution in [0, 0.1) is 6.92 Å². The minimum Gasteiger partial charge on any atom is -0.354 e. The van der Waals surface area contributed by atoms with Crippen molar-refractivity contribution in [3.05, 3.63) is 11.6 Å². The molecule has 24 heavy (non-hydrogen) atoms. The highest BCUT2D eigenvalue weighted by Crippen LogP contribution is 2.19. The average molecular weight is 332 g/mol. The molecular formula is C18H32N6. The van der Waals surface area contributed by atoms with Gasteiger partial charge in [0.15, 0.2) is 11.8 Å². The van der Waals surface area contributed by atoms with E-state index in [1.54, 1.807) is 0 Å². The number of hydrogen-bond donors (Lipinski definition) is 2. The molecule has 0 unspecified atom stereocenters. The van der Waals surface area contributed by atoms with E-state index in [0.29, 0.717) is 18.6 Å². The Morgan fingerprint density at radius 1 is 0.958 bits per heavy atom. The zero-order valence-electron chi connectivity index (χ0n) is 15.2. The smallest absolute Gasteiger partial charge is 0.192 e. The number of guanidine groups is 1. The summed E-state index contributed by atoms with van der Waals surface area (Å²) in [6.45, 7) is 2.55. The maximum Gasteiger partial charge on any atom is 0.192 e. The van der Waals surface area contributed by atoms with Crippen LogP contribution in [0.1, 0.15) is 75.9 Å². The van der Waals surface area contributed by atoms with Crippen LogP contribution >= 0.6 is 0 Å². The average Bonchev–Trinajstić information content (AvgIpc) is 2.93. The Morgan fingerprint density at radius 2 is 1.50 bits per heavy atom. The summed E-state index contributed by atoms with van der Waals surface area (Å²) >= 11 is 0. The predicted molar refractivity (Wildman–Crippen MR) is 96.9 cm³/mol. The molecule has 1 aromatic rings. The molecule has 0 atom stereocenters. The van der Waals surface area contributed by atoms with Gasteiger partial charge in [-0.25, -0.2) is 4.99 Å². The van der Waals surface area contributed by atoms with Gasteiger partial charge in [-0.2, -0.15) is 0 Å². The molecule has 0 amide bonds. The second kappa shape index (κ2) is 8.49. The first kappa shape index (κ1) is 17.2. The summed E-state index contributed by atoms with van der Waals surface area (Å²) in [5.74, 6) is 2.82. The van der Waals surface area contributed by atoms with Crippen LogP contribution in [0.15, 0.2) is 4.99 Å². The lowest BCUT2D eigenvalue weighted by molar-refractivity contribution is 0.388. The maximum absolute atomic E-state index is 4.83. The van der Waals surface area contributed by atoms with E-state index in [4.69, 9.17) is 4.99 Å². The number of aryl methyl sites for hydroxylation is 1. The summed E-state index contributed by atoms with van der Waals surface area (Å²) in [5.41, 5.74) is 0. The molecule has 2 saturated carbocycles. The highest BCUT2D eigenvalue weighted by atomic mass is 15.3. The number of nitrogens with one attached hydrogen (secondary N) is 2. The number of hydrogen-bond acceptors (Lipinski definition) is 3. The Bertz CT molecular complexity index is 516. The van der Waals surface area contributed by atoms with E-state index < -0.39 is 0 Å². The van der Waals surface area contributed by atoms with E-state index in [-0.39, 0.29) is 0 Å². The maximum atomic E-state index is 4.83. The molecular weight excluding hydrogens is 300 g/mol. The first-order chi connectivity index (χ1) is 11.7. The van der Waals surface area contributed by atoms with Gasteiger partial charge < -0.3 is 15.2 Å². The minimum absolute atomic E-state index is 0.565. The fourth-order valence-corrected chi connectivity index (χ4v) is 3.75. The van der Waals surface area contributed by atoms with Crippen molar-refractivity contribution in [3.8, 4) is 0 Å². The summed E-state index contributed by atoms with van der Waals surface area (Å²) in [5, 5.41) is 15.7. The van der Waals surface area contributed by atoms with E-state index in [2.05, 4.69) is 20.8 Å². The Kier molecular flexibility index (Phi) is 6.10. The summed E-state index contributed by atoms with van der Waals surface area (Å²) in [4.78, 5) is 4.83. The van der Waals surface area contributed by atoms with E-state index in [1.165, 1.54) is 64.2 Å². The van der Waals surface area contributed by atoms with Crippen molar-refractivity contribution in [1.82, 2.24) is 25.4 Å². The van der Waals surface area contributed by atoms with Gasteiger partial charge in [0.25, 0.3) is 0 Å². The van der Waals surface area contributed by atoms with Gasteiger partial charge in [0.1, 0.15) is 12.4 Å². The van der Waals surface area contributed by atoms with Crippen LogP contribution in [-0.2, 0) is 13.6 Å². The zero-order valence-corrected chi connectivity index (χ0v) is 15.2. The van der Waals surface area contributed by atoms with Gasteiger partial charge in [-0.05, 0) is 32.6 Å². The van der Waals surface area contributed by atoms with Gasteiger partial charge in [0.05, 0.1) is 0 Å². The molecule has 0 saturated heterocycles. The summed E-state index contributed by atoms with van der Waals surface area (Å²) in [6, 6.07) is 1.13.